The number of nitrogens with zero attached hydrogens (tertiary/aromatic N) is 1. The fourth-order valence-corrected chi connectivity index (χ4v) is 1.58. The summed E-state index contributed by atoms with van der Waals surface area (Å²) in [5.41, 5.74) is 0.631. The maximum atomic E-state index is 9.41. The van der Waals surface area contributed by atoms with Crippen LogP contribution in [0.15, 0.2) is 34.9 Å². The number of phenols is 1. The Morgan fingerprint density at radius 2 is 2.00 bits per heavy atom. The minimum absolute atomic E-state index is 0. The van der Waals surface area contributed by atoms with Crippen molar-refractivity contribution in [2.75, 3.05) is 0 Å². The van der Waals surface area contributed by atoms with Gasteiger partial charge < -0.3 is 5.11 Å². The number of fused-ring (bicyclic) bond motifs is 1. The van der Waals surface area contributed by atoms with Crippen LogP contribution in [0.4, 0.5) is 0 Å². The van der Waals surface area contributed by atoms with Crippen LogP contribution in [0, 0.1) is 0 Å². The van der Waals surface area contributed by atoms with E-state index in [9.17, 15) is 5.11 Å². The molecule has 0 aliphatic carbocycles. The van der Waals surface area contributed by atoms with Crippen molar-refractivity contribution in [3.05, 3.63) is 34.9 Å². The second-order valence-electron chi connectivity index (χ2n) is 2.47. The Labute approximate surface area is 94.3 Å². The first-order chi connectivity index (χ1) is 5.79. The largest absolute Gasteiger partial charge is 0.506 e. The van der Waals surface area contributed by atoms with Crippen LogP contribution in [0.3, 0.4) is 0 Å². The summed E-state index contributed by atoms with van der Waals surface area (Å²) in [5, 5.41) is 10.3. The maximum absolute atomic E-state index is 9.41. The van der Waals surface area contributed by atoms with Crippen LogP contribution in [0.25, 0.3) is 10.9 Å². The number of benzene rings is 1. The Morgan fingerprint density at radius 1 is 1.23 bits per heavy atom. The molecule has 0 saturated carbocycles. The molecule has 0 aliphatic rings. The van der Waals surface area contributed by atoms with E-state index in [0.717, 1.165) is 9.86 Å². The summed E-state index contributed by atoms with van der Waals surface area (Å²) < 4.78 is 0.948. The molecule has 13 heavy (non-hydrogen) atoms. The van der Waals surface area contributed by atoms with Gasteiger partial charge in [-0.1, -0.05) is 22.0 Å². The summed E-state index contributed by atoms with van der Waals surface area (Å²) in [6, 6.07) is 7.18. The molecular weight excluding hydrogens is 277 g/mol. The van der Waals surface area contributed by atoms with Crippen molar-refractivity contribution < 1.29 is 21.9 Å². The number of hydrogen-bond acceptors (Lipinski definition) is 2. The van der Waals surface area contributed by atoms with Crippen molar-refractivity contribution in [2.45, 2.75) is 0 Å². The summed E-state index contributed by atoms with van der Waals surface area (Å²) in [6.07, 6.45) is 1.66. The molecular formula is C9H6BrCoNO. The smallest absolute Gasteiger partial charge is 0.141 e. The monoisotopic (exact) mass is 282 g/mol. The van der Waals surface area contributed by atoms with Gasteiger partial charge in [0.05, 0.1) is 0 Å². The van der Waals surface area contributed by atoms with Crippen molar-refractivity contribution in [3.8, 4) is 5.75 Å². The summed E-state index contributed by atoms with van der Waals surface area (Å²) in [6.45, 7) is 0. The summed E-state index contributed by atoms with van der Waals surface area (Å²) in [5.74, 6) is 0.216. The Hall–Kier alpha value is -0.584. The van der Waals surface area contributed by atoms with Crippen LogP contribution in [-0.4, -0.2) is 10.1 Å². The Kier molecular flexibility index (Phi) is 3.30. The van der Waals surface area contributed by atoms with E-state index in [1.807, 2.05) is 12.1 Å². The summed E-state index contributed by atoms with van der Waals surface area (Å²) in [4.78, 5) is 4.06. The zero-order valence-electron chi connectivity index (χ0n) is 6.49. The van der Waals surface area contributed by atoms with Gasteiger partial charge in [-0.3, -0.25) is 4.98 Å². The number of pyridine rings is 1. The van der Waals surface area contributed by atoms with Gasteiger partial charge in [-0.25, -0.2) is 0 Å². The van der Waals surface area contributed by atoms with Crippen molar-refractivity contribution in [1.29, 1.82) is 0 Å². The molecule has 1 radical (unpaired) electrons. The molecule has 1 aromatic carbocycles. The fraction of sp³-hybridized carbons (Fsp3) is 0. The molecule has 2 nitrogen and oxygen atoms in total. The van der Waals surface area contributed by atoms with E-state index in [1.165, 1.54) is 0 Å². The molecule has 0 fully saturated rings. The summed E-state index contributed by atoms with van der Waals surface area (Å²) in [7, 11) is 0. The number of aromatic hydroxyl groups is 1. The van der Waals surface area contributed by atoms with Gasteiger partial charge in [0.15, 0.2) is 0 Å². The molecule has 0 atom stereocenters. The van der Waals surface area contributed by atoms with Crippen molar-refractivity contribution >= 4 is 26.8 Å². The molecule has 2 rings (SSSR count). The third-order valence-corrected chi connectivity index (χ3v) is 2.39. The minimum atomic E-state index is 0. The van der Waals surface area contributed by atoms with Crippen molar-refractivity contribution in [3.63, 3.8) is 0 Å². The average Bonchev–Trinajstić information content (AvgIpc) is 2.12. The normalized spacial score (nSPS) is 9.62. The molecule has 0 spiro atoms. The van der Waals surface area contributed by atoms with E-state index < -0.39 is 0 Å². The van der Waals surface area contributed by atoms with Gasteiger partial charge in [0, 0.05) is 32.8 Å². The maximum Gasteiger partial charge on any atom is 0.141 e. The zero-order chi connectivity index (χ0) is 8.55. The predicted molar refractivity (Wildman–Crippen MR) is 51.1 cm³/mol. The molecule has 2 aromatic rings. The quantitative estimate of drug-likeness (QED) is 0.806. The van der Waals surface area contributed by atoms with Gasteiger partial charge in [0.2, 0.25) is 0 Å². The van der Waals surface area contributed by atoms with Crippen LogP contribution in [0.5, 0.6) is 5.75 Å². The van der Waals surface area contributed by atoms with E-state index >= 15 is 0 Å². The van der Waals surface area contributed by atoms with Crippen molar-refractivity contribution in [2.24, 2.45) is 0 Å². The van der Waals surface area contributed by atoms with E-state index in [0.29, 0.717) is 5.52 Å². The number of rotatable bonds is 0. The Bertz CT molecular complexity index is 392. The van der Waals surface area contributed by atoms with Gasteiger partial charge in [-0.15, -0.1) is 0 Å². The van der Waals surface area contributed by atoms with Gasteiger partial charge in [-0.2, -0.15) is 0 Å². The molecule has 0 saturated heterocycles. The second-order valence-corrected chi connectivity index (χ2v) is 3.32. The second kappa shape index (κ2) is 4.08. The van der Waals surface area contributed by atoms with Crippen LogP contribution < -0.4 is 0 Å². The molecule has 1 aromatic heterocycles. The molecule has 69 valence electrons. The third-order valence-electron chi connectivity index (χ3n) is 1.70. The van der Waals surface area contributed by atoms with Crippen LogP contribution >= 0.6 is 15.9 Å². The Balaban J connectivity index is 0.000000845. The SMILES string of the molecule is Oc1ccc(Br)c2cccnc12.[Co]. The van der Waals surface area contributed by atoms with Gasteiger partial charge in [0.1, 0.15) is 11.3 Å². The van der Waals surface area contributed by atoms with Crippen LogP contribution in [0.1, 0.15) is 0 Å². The molecule has 0 unspecified atom stereocenters. The fourth-order valence-electron chi connectivity index (χ4n) is 1.12. The molecule has 0 bridgehead atoms. The number of phenolic OH excluding ortho intramolecular Hbond substituents is 1. The van der Waals surface area contributed by atoms with E-state index in [1.54, 1.807) is 18.3 Å². The molecule has 1 heterocycles. The first-order valence-electron chi connectivity index (χ1n) is 3.51. The minimum Gasteiger partial charge on any atom is -0.506 e. The first kappa shape index (κ1) is 10.5. The van der Waals surface area contributed by atoms with E-state index in [4.69, 9.17) is 0 Å². The summed E-state index contributed by atoms with van der Waals surface area (Å²) >= 11 is 3.38. The topological polar surface area (TPSA) is 33.1 Å². The predicted octanol–water partition coefficient (Wildman–Crippen LogP) is 2.70. The number of aromatic nitrogens is 1. The molecule has 4 heteroatoms. The van der Waals surface area contributed by atoms with Gasteiger partial charge in [0.25, 0.3) is 0 Å². The standard InChI is InChI=1S/C9H6BrNO.Co/c10-7-3-4-8(12)9-6(7)2-1-5-11-9;/h1-5,12H;. The molecule has 1 N–H and O–H groups in total. The van der Waals surface area contributed by atoms with Gasteiger partial charge in [-0.05, 0) is 18.2 Å². The van der Waals surface area contributed by atoms with Crippen LogP contribution in [0.2, 0.25) is 0 Å². The zero-order valence-corrected chi connectivity index (χ0v) is 9.12. The molecule has 0 aliphatic heterocycles. The van der Waals surface area contributed by atoms with E-state index in [-0.39, 0.29) is 22.5 Å². The van der Waals surface area contributed by atoms with Gasteiger partial charge >= 0.3 is 0 Å². The number of halogens is 1. The number of hydrogen-bond donors (Lipinski definition) is 1. The van der Waals surface area contributed by atoms with Crippen LogP contribution in [-0.2, 0) is 16.8 Å². The third kappa shape index (κ3) is 1.85. The first-order valence-corrected chi connectivity index (χ1v) is 4.30. The van der Waals surface area contributed by atoms with Crippen molar-refractivity contribution in [1.82, 2.24) is 4.98 Å². The Morgan fingerprint density at radius 3 is 2.69 bits per heavy atom. The average molecular weight is 283 g/mol. The van der Waals surface area contributed by atoms with E-state index in [2.05, 4.69) is 20.9 Å². The molecule has 0 amide bonds.